The van der Waals surface area contributed by atoms with Crippen molar-refractivity contribution in [2.45, 2.75) is 39.2 Å². The summed E-state index contributed by atoms with van der Waals surface area (Å²) in [4.78, 5) is 24.3. The molecule has 37 heavy (non-hydrogen) atoms. The summed E-state index contributed by atoms with van der Waals surface area (Å²) in [5.41, 5.74) is 4.37. The molecule has 0 amide bonds. The van der Waals surface area contributed by atoms with E-state index in [1.54, 1.807) is 6.07 Å². The fraction of sp³-hybridized carbons (Fsp3) is 0.233. The fourth-order valence-corrected chi connectivity index (χ4v) is 5.95. The van der Waals surface area contributed by atoms with Gasteiger partial charge in [0.2, 0.25) is 0 Å². The molecule has 1 aliphatic heterocycles. The molecule has 4 aromatic rings. The number of fused-ring (bicyclic) bond motifs is 4. The molecule has 3 aromatic carbocycles. The topological polar surface area (TPSA) is 85.4 Å². The maximum absolute atomic E-state index is 13.6. The molecule has 0 spiro atoms. The summed E-state index contributed by atoms with van der Waals surface area (Å²) in [5, 5.41) is 17.5. The third-order valence-corrected chi connectivity index (χ3v) is 7.65. The predicted octanol–water partition coefficient (Wildman–Crippen LogP) is 7.84. The lowest BCUT2D eigenvalue weighted by atomic mass is 9.68. The van der Waals surface area contributed by atoms with Gasteiger partial charge in [-0.3, -0.25) is 14.9 Å². The highest BCUT2D eigenvalue weighted by Crippen LogP contribution is 2.49. The van der Waals surface area contributed by atoms with Crippen LogP contribution in [-0.4, -0.2) is 16.7 Å². The third kappa shape index (κ3) is 4.11. The van der Waals surface area contributed by atoms with E-state index in [0.29, 0.717) is 34.9 Å². The Bertz CT molecular complexity index is 1630. The number of allylic oxidation sites excluding steroid dienone is 1. The van der Waals surface area contributed by atoms with Crippen molar-refractivity contribution in [3.8, 4) is 11.3 Å². The van der Waals surface area contributed by atoms with Crippen LogP contribution in [0.5, 0.6) is 0 Å². The number of furan rings is 1. The van der Waals surface area contributed by atoms with E-state index in [-0.39, 0.29) is 22.9 Å². The second-order valence-corrected chi connectivity index (χ2v) is 11.0. The summed E-state index contributed by atoms with van der Waals surface area (Å²) in [7, 11) is 0. The highest BCUT2D eigenvalue weighted by Gasteiger charge is 2.40. The minimum atomic E-state index is -0.457. The van der Waals surface area contributed by atoms with E-state index in [1.165, 1.54) is 18.2 Å². The number of halogens is 1. The largest absolute Gasteiger partial charge is 0.461 e. The smallest absolute Gasteiger partial charge is 0.270 e. The molecule has 2 aliphatic rings. The number of hydrogen-bond donors (Lipinski definition) is 1. The van der Waals surface area contributed by atoms with Gasteiger partial charge in [-0.15, -0.1) is 0 Å². The number of benzene rings is 3. The molecule has 0 fully saturated rings. The monoisotopic (exact) mass is 512 g/mol. The lowest BCUT2D eigenvalue weighted by Gasteiger charge is -2.40. The van der Waals surface area contributed by atoms with Crippen LogP contribution in [0, 0.1) is 15.5 Å². The SMILES string of the molecule is CC1(C)CC(=O)C2=C(C1)c1c(ccc3ccccc13)N[C@@H]2Cc1ccc(-c2cc([N+](=O)[O-])ccc2Cl)o1. The summed E-state index contributed by atoms with van der Waals surface area (Å²) in [6.45, 7) is 4.30. The number of hydrogen-bond acceptors (Lipinski definition) is 5. The molecule has 6 nitrogen and oxygen atoms in total. The zero-order valence-corrected chi connectivity index (χ0v) is 21.3. The van der Waals surface area contributed by atoms with Gasteiger partial charge in [0.05, 0.1) is 16.0 Å². The van der Waals surface area contributed by atoms with Crippen LogP contribution in [0.3, 0.4) is 0 Å². The Morgan fingerprint density at radius 1 is 1.08 bits per heavy atom. The van der Waals surface area contributed by atoms with E-state index >= 15 is 0 Å². The molecule has 6 rings (SSSR count). The van der Waals surface area contributed by atoms with Crippen molar-refractivity contribution >= 4 is 45.1 Å². The van der Waals surface area contributed by atoms with Crippen LogP contribution in [0.15, 0.2) is 76.7 Å². The molecule has 0 saturated carbocycles. The van der Waals surface area contributed by atoms with Crippen molar-refractivity contribution in [1.29, 1.82) is 0 Å². The zero-order valence-electron chi connectivity index (χ0n) is 20.5. The molecule has 7 heteroatoms. The van der Waals surface area contributed by atoms with Crippen molar-refractivity contribution in [2.24, 2.45) is 5.41 Å². The number of nitrogens with zero attached hydrogens (tertiary/aromatic N) is 1. The van der Waals surface area contributed by atoms with Crippen LogP contribution in [0.2, 0.25) is 5.02 Å². The number of nitro groups is 1. The second-order valence-electron chi connectivity index (χ2n) is 10.6. The highest BCUT2D eigenvalue weighted by atomic mass is 35.5. The van der Waals surface area contributed by atoms with Gasteiger partial charge in [0.25, 0.3) is 5.69 Å². The lowest BCUT2D eigenvalue weighted by Crippen LogP contribution is -2.38. The van der Waals surface area contributed by atoms with Crippen LogP contribution in [-0.2, 0) is 11.2 Å². The van der Waals surface area contributed by atoms with E-state index < -0.39 is 4.92 Å². The van der Waals surface area contributed by atoms with Gasteiger partial charge in [-0.1, -0.05) is 55.8 Å². The number of carbonyl (C=O) groups is 1. The van der Waals surface area contributed by atoms with Crippen LogP contribution in [0.4, 0.5) is 11.4 Å². The molecule has 1 aromatic heterocycles. The maximum Gasteiger partial charge on any atom is 0.270 e. The first kappa shape index (κ1) is 23.5. The van der Waals surface area contributed by atoms with Gasteiger partial charge in [0.1, 0.15) is 11.5 Å². The standard InChI is InChI=1S/C30H25ClN2O4/c1-30(2)15-22-28-20-6-4-3-5-17(20)7-11-24(28)32-25(29(22)26(34)16-30)14-19-9-12-27(37-19)21-13-18(33(35)36)8-10-23(21)31/h3-13,25,32H,14-16H2,1-2H3/t25-/m1/s1. The van der Waals surface area contributed by atoms with Gasteiger partial charge in [0, 0.05) is 47.4 Å². The Kier molecular flexibility index (Phi) is 5.46. The average molecular weight is 513 g/mol. The number of anilines is 1. The van der Waals surface area contributed by atoms with E-state index in [4.69, 9.17) is 16.0 Å². The van der Waals surface area contributed by atoms with Gasteiger partial charge >= 0.3 is 0 Å². The molecule has 1 N–H and O–H groups in total. The fourth-order valence-electron chi connectivity index (χ4n) is 5.74. The maximum atomic E-state index is 13.6. The molecule has 0 radical (unpaired) electrons. The number of rotatable bonds is 4. The number of carbonyl (C=O) groups excluding carboxylic acids is 1. The zero-order chi connectivity index (χ0) is 25.9. The molecule has 1 aliphatic carbocycles. The average Bonchev–Trinajstić information content (AvgIpc) is 3.31. The van der Waals surface area contributed by atoms with Crippen molar-refractivity contribution in [1.82, 2.24) is 0 Å². The summed E-state index contributed by atoms with van der Waals surface area (Å²) >= 11 is 6.33. The van der Waals surface area contributed by atoms with Crippen molar-refractivity contribution in [3.63, 3.8) is 0 Å². The first-order valence-electron chi connectivity index (χ1n) is 12.3. The van der Waals surface area contributed by atoms with E-state index in [2.05, 4.69) is 43.4 Å². The Balaban J connectivity index is 1.41. The predicted molar refractivity (Wildman–Crippen MR) is 146 cm³/mol. The van der Waals surface area contributed by atoms with E-state index in [1.807, 2.05) is 18.2 Å². The first-order chi connectivity index (χ1) is 17.7. The molecule has 186 valence electrons. The Hall–Kier alpha value is -3.90. The number of nitro benzene ring substituents is 1. The lowest BCUT2D eigenvalue weighted by molar-refractivity contribution is -0.384. The van der Waals surface area contributed by atoms with Crippen molar-refractivity contribution < 1.29 is 14.1 Å². The number of nitrogens with one attached hydrogen (secondary N) is 1. The number of Topliss-reactive ketones (excluding diaryl/α,β-unsaturated/α-hetero) is 1. The van der Waals surface area contributed by atoms with Crippen molar-refractivity contribution in [2.75, 3.05) is 5.32 Å². The van der Waals surface area contributed by atoms with Crippen molar-refractivity contribution in [3.05, 3.63) is 98.8 Å². The van der Waals surface area contributed by atoms with E-state index in [0.717, 1.165) is 39.6 Å². The molecule has 0 saturated heterocycles. The summed E-state index contributed by atoms with van der Waals surface area (Å²) in [6, 6.07) is 20.1. The minimum Gasteiger partial charge on any atom is -0.461 e. The quantitative estimate of drug-likeness (QED) is 0.222. The Morgan fingerprint density at radius 3 is 2.70 bits per heavy atom. The van der Waals surface area contributed by atoms with E-state index in [9.17, 15) is 14.9 Å². The second kappa shape index (κ2) is 8.60. The third-order valence-electron chi connectivity index (χ3n) is 7.32. The van der Waals surface area contributed by atoms with Gasteiger partial charge in [-0.05, 0) is 52.4 Å². The summed E-state index contributed by atoms with van der Waals surface area (Å²) in [5.74, 6) is 1.29. The van der Waals surface area contributed by atoms with Crippen LogP contribution in [0.1, 0.15) is 38.0 Å². The van der Waals surface area contributed by atoms with Gasteiger partial charge in [-0.25, -0.2) is 0 Å². The molecule has 0 unspecified atom stereocenters. The molecular formula is C30H25ClN2O4. The Morgan fingerprint density at radius 2 is 1.89 bits per heavy atom. The normalized spacial score (nSPS) is 18.4. The summed E-state index contributed by atoms with van der Waals surface area (Å²) in [6.07, 6.45) is 1.78. The molecule has 0 bridgehead atoms. The number of ketones is 1. The van der Waals surface area contributed by atoms with Gasteiger partial charge in [0.15, 0.2) is 5.78 Å². The molecule has 1 atom stereocenters. The minimum absolute atomic E-state index is 0.0552. The van der Waals surface area contributed by atoms with Gasteiger partial charge in [-0.2, -0.15) is 0 Å². The molecular weight excluding hydrogens is 488 g/mol. The van der Waals surface area contributed by atoms with Crippen LogP contribution in [0.25, 0.3) is 27.7 Å². The number of non-ortho nitro benzene ring substituents is 1. The van der Waals surface area contributed by atoms with Crippen LogP contribution < -0.4 is 5.32 Å². The molecule has 2 heterocycles. The highest BCUT2D eigenvalue weighted by molar-refractivity contribution is 6.33. The van der Waals surface area contributed by atoms with Crippen LogP contribution >= 0.6 is 11.6 Å². The van der Waals surface area contributed by atoms with Gasteiger partial charge < -0.3 is 9.73 Å². The Labute approximate surface area is 219 Å². The first-order valence-corrected chi connectivity index (χ1v) is 12.7. The summed E-state index contributed by atoms with van der Waals surface area (Å²) < 4.78 is 6.12.